The molecule has 0 aliphatic rings. The van der Waals surface area contributed by atoms with Crippen LogP contribution in [0.2, 0.25) is 0 Å². The lowest BCUT2D eigenvalue weighted by Crippen LogP contribution is -2.24. The predicted molar refractivity (Wildman–Crippen MR) is 139 cm³/mol. The summed E-state index contributed by atoms with van der Waals surface area (Å²) >= 11 is 0. The van der Waals surface area contributed by atoms with Crippen molar-refractivity contribution in [3.8, 4) is 17.2 Å². The summed E-state index contributed by atoms with van der Waals surface area (Å²) in [5.74, 6) is 0.882. The molecule has 0 radical (unpaired) electrons. The third kappa shape index (κ3) is 6.93. The quantitative estimate of drug-likeness (QED) is 0.142. The second-order valence-corrected chi connectivity index (χ2v) is 7.92. The van der Waals surface area contributed by atoms with Gasteiger partial charge in [-0.2, -0.15) is 5.10 Å². The molecule has 0 fully saturated rings. The zero-order valence-corrected chi connectivity index (χ0v) is 19.8. The molecule has 7 nitrogen and oxygen atoms in total. The van der Waals surface area contributed by atoms with Gasteiger partial charge in [-0.15, -0.1) is 0 Å². The van der Waals surface area contributed by atoms with Crippen LogP contribution in [0.1, 0.15) is 29.3 Å². The Balaban J connectivity index is 1.22. The molecule has 0 saturated carbocycles. The van der Waals surface area contributed by atoms with Gasteiger partial charge in [-0.1, -0.05) is 37.3 Å². The van der Waals surface area contributed by atoms with Crippen LogP contribution in [0.25, 0.3) is 10.8 Å². The third-order valence-corrected chi connectivity index (χ3v) is 5.15. The molecule has 0 saturated heterocycles. The highest BCUT2D eigenvalue weighted by molar-refractivity contribution is 5.91. The summed E-state index contributed by atoms with van der Waals surface area (Å²) in [6, 6.07) is 27.2. The van der Waals surface area contributed by atoms with Crippen molar-refractivity contribution in [1.82, 2.24) is 5.43 Å². The number of esters is 1. The zero-order valence-electron chi connectivity index (χ0n) is 19.8. The van der Waals surface area contributed by atoms with Crippen molar-refractivity contribution in [3.05, 3.63) is 102 Å². The van der Waals surface area contributed by atoms with E-state index in [-0.39, 0.29) is 12.5 Å². The third-order valence-electron chi connectivity index (χ3n) is 5.15. The highest BCUT2D eigenvalue weighted by atomic mass is 16.5. The molecule has 0 heterocycles. The van der Waals surface area contributed by atoms with Gasteiger partial charge in [0.2, 0.25) is 0 Å². The topological polar surface area (TPSA) is 86.2 Å². The summed E-state index contributed by atoms with van der Waals surface area (Å²) in [6.07, 6.45) is 2.41. The first kappa shape index (κ1) is 24.5. The number of nitrogens with one attached hydrogen (secondary N) is 1. The summed E-state index contributed by atoms with van der Waals surface area (Å²) in [6.45, 7) is 2.50. The van der Waals surface area contributed by atoms with Gasteiger partial charge >= 0.3 is 5.97 Å². The Hall–Kier alpha value is -4.65. The van der Waals surface area contributed by atoms with E-state index in [9.17, 15) is 9.59 Å². The molecule has 0 bridgehead atoms. The van der Waals surface area contributed by atoms with Crippen LogP contribution in [-0.4, -0.2) is 31.3 Å². The average molecular weight is 483 g/mol. The number of amides is 1. The number of carbonyl (C=O) groups excluding carboxylic acids is 2. The molecule has 4 rings (SSSR count). The fourth-order valence-electron chi connectivity index (χ4n) is 3.31. The average Bonchev–Trinajstić information content (AvgIpc) is 2.92. The van der Waals surface area contributed by atoms with E-state index in [1.165, 1.54) is 6.21 Å². The van der Waals surface area contributed by atoms with E-state index in [1.807, 2.05) is 49.4 Å². The Kier molecular flexibility index (Phi) is 8.27. The monoisotopic (exact) mass is 482 g/mol. The minimum absolute atomic E-state index is 0.156. The molecule has 0 unspecified atom stereocenters. The molecule has 0 spiro atoms. The first-order valence-electron chi connectivity index (χ1n) is 11.6. The predicted octanol–water partition coefficient (Wildman–Crippen LogP) is 5.38. The van der Waals surface area contributed by atoms with Crippen molar-refractivity contribution in [2.75, 3.05) is 13.2 Å². The van der Waals surface area contributed by atoms with E-state index < -0.39 is 5.97 Å². The number of benzene rings is 4. The van der Waals surface area contributed by atoms with Gasteiger partial charge in [0.1, 0.15) is 17.2 Å². The number of hydrogen-bond donors (Lipinski definition) is 1. The molecule has 0 aliphatic heterocycles. The maximum atomic E-state index is 12.4. The van der Waals surface area contributed by atoms with E-state index in [0.29, 0.717) is 29.4 Å². The van der Waals surface area contributed by atoms with Gasteiger partial charge in [0.05, 0.1) is 18.4 Å². The molecular weight excluding hydrogens is 456 g/mol. The van der Waals surface area contributed by atoms with Gasteiger partial charge in [0.25, 0.3) is 5.91 Å². The van der Waals surface area contributed by atoms with Crippen LogP contribution < -0.4 is 19.6 Å². The molecule has 0 aromatic heterocycles. The summed E-state index contributed by atoms with van der Waals surface area (Å²) < 4.78 is 16.5. The van der Waals surface area contributed by atoms with E-state index in [4.69, 9.17) is 14.2 Å². The Bertz CT molecular complexity index is 1350. The van der Waals surface area contributed by atoms with Crippen molar-refractivity contribution < 1.29 is 23.8 Å². The smallest absolute Gasteiger partial charge is 0.343 e. The van der Waals surface area contributed by atoms with Crippen LogP contribution in [0.15, 0.2) is 96.1 Å². The van der Waals surface area contributed by atoms with Crippen LogP contribution >= 0.6 is 0 Å². The number of ether oxygens (including phenoxy) is 3. The Morgan fingerprint density at radius 3 is 2.25 bits per heavy atom. The van der Waals surface area contributed by atoms with E-state index in [1.54, 1.807) is 48.5 Å². The minimum atomic E-state index is -0.461. The molecule has 1 amide bonds. The molecule has 36 heavy (non-hydrogen) atoms. The molecule has 182 valence electrons. The first-order valence-corrected chi connectivity index (χ1v) is 11.6. The molecule has 1 N–H and O–H groups in total. The van der Waals surface area contributed by atoms with Crippen molar-refractivity contribution >= 4 is 28.9 Å². The number of carbonyl (C=O) groups is 2. The SMILES string of the molecule is CCCOc1ccc(C(=O)Oc2ccc(/C=N/NC(=O)COc3ccc4ccccc4c3)cc2)cc1. The van der Waals surface area contributed by atoms with Gasteiger partial charge in [-0.25, -0.2) is 10.2 Å². The Morgan fingerprint density at radius 1 is 0.806 bits per heavy atom. The second kappa shape index (κ2) is 12.2. The fourth-order valence-corrected chi connectivity index (χ4v) is 3.31. The van der Waals surface area contributed by atoms with Gasteiger partial charge in [-0.3, -0.25) is 4.79 Å². The summed E-state index contributed by atoms with van der Waals surface area (Å²) in [4.78, 5) is 24.4. The van der Waals surface area contributed by atoms with Crippen molar-refractivity contribution in [3.63, 3.8) is 0 Å². The fraction of sp³-hybridized carbons (Fsp3) is 0.138. The number of nitrogens with zero attached hydrogens (tertiary/aromatic N) is 1. The van der Waals surface area contributed by atoms with Crippen LogP contribution in [0.5, 0.6) is 17.2 Å². The minimum Gasteiger partial charge on any atom is -0.494 e. The molecular formula is C29H26N2O5. The number of hydrogen-bond acceptors (Lipinski definition) is 6. The molecule has 7 heteroatoms. The molecule has 0 aliphatic carbocycles. The lowest BCUT2D eigenvalue weighted by Gasteiger charge is -2.07. The summed E-state index contributed by atoms with van der Waals surface area (Å²) in [5.41, 5.74) is 3.59. The Labute approximate surface area is 209 Å². The van der Waals surface area contributed by atoms with Crippen LogP contribution in [-0.2, 0) is 4.79 Å². The van der Waals surface area contributed by atoms with Crippen LogP contribution in [0.4, 0.5) is 0 Å². The largest absolute Gasteiger partial charge is 0.494 e. The van der Waals surface area contributed by atoms with Gasteiger partial charge in [-0.05, 0) is 83.4 Å². The lowest BCUT2D eigenvalue weighted by atomic mass is 10.1. The second-order valence-electron chi connectivity index (χ2n) is 7.92. The van der Waals surface area contributed by atoms with Gasteiger partial charge in [0.15, 0.2) is 6.61 Å². The number of rotatable bonds is 10. The normalized spacial score (nSPS) is 10.8. The summed E-state index contributed by atoms with van der Waals surface area (Å²) in [5, 5.41) is 6.09. The van der Waals surface area contributed by atoms with E-state index in [0.717, 1.165) is 22.8 Å². The van der Waals surface area contributed by atoms with Gasteiger partial charge in [0, 0.05) is 0 Å². The zero-order chi connectivity index (χ0) is 25.2. The number of fused-ring (bicyclic) bond motifs is 1. The molecule has 4 aromatic carbocycles. The van der Waals surface area contributed by atoms with Crippen LogP contribution in [0.3, 0.4) is 0 Å². The molecule has 0 atom stereocenters. The standard InChI is InChI=1S/C29H26N2O5/c1-2-17-34-25-14-10-23(11-15-25)29(33)36-26-12-7-21(8-13-26)19-30-31-28(32)20-35-27-16-9-22-5-3-4-6-24(22)18-27/h3-16,18-19H,2,17,20H2,1H3,(H,31,32)/b30-19+. The van der Waals surface area contributed by atoms with E-state index >= 15 is 0 Å². The summed E-state index contributed by atoms with van der Waals surface area (Å²) in [7, 11) is 0. The Morgan fingerprint density at radius 2 is 1.50 bits per heavy atom. The molecule has 4 aromatic rings. The van der Waals surface area contributed by atoms with Crippen molar-refractivity contribution in [2.45, 2.75) is 13.3 Å². The highest BCUT2D eigenvalue weighted by Crippen LogP contribution is 2.20. The maximum Gasteiger partial charge on any atom is 0.343 e. The van der Waals surface area contributed by atoms with E-state index in [2.05, 4.69) is 10.5 Å². The van der Waals surface area contributed by atoms with Crippen molar-refractivity contribution in [1.29, 1.82) is 0 Å². The maximum absolute atomic E-state index is 12.4. The van der Waals surface area contributed by atoms with Crippen molar-refractivity contribution in [2.24, 2.45) is 5.10 Å². The van der Waals surface area contributed by atoms with Crippen LogP contribution in [0, 0.1) is 0 Å². The first-order chi connectivity index (χ1) is 17.6. The highest BCUT2D eigenvalue weighted by Gasteiger charge is 2.09. The van der Waals surface area contributed by atoms with Gasteiger partial charge < -0.3 is 14.2 Å². The number of hydrazone groups is 1. The lowest BCUT2D eigenvalue weighted by molar-refractivity contribution is -0.123.